The van der Waals surface area contributed by atoms with E-state index in [0.29, 0.717) is 11.5 Å². The lowest BCUT2D eigenvalue weighted by atomic mass is 10.1. The predicted octanol–water partition coefficient (Wildman–Crippen LogP) is 6.45. The Morgan fingerprint density at radius 1 is 1.30 bits per heavy atom. The second-order valence-corrected chi connectivity index (χ2v) is 7.43. The highest BCUT2D eigenvalue weighted by Crippen LogP contribution is 2.26. The normalized spacial score (nSPS) is 12.5. The molecule has 0 fully saturated rings. The van der Waals surface area contributed by atoms with Gasteiger partial charge in [0, 0.05) is 13.3 Å². The first-order valence-electron chi connectivity index (χ1n) is 9.30. The molecule has 0 aliphatic carbocycles. The van der Waals surface area contributed by atoms with E-state index in [9.17, 15) is 4.79 Å². The number of thioether (sulfide) groups is 1. The zero-order valence-corrected chi connectivity index (χ0v) is 17.2. The molecule has 1 N–H and O–H groups in total. The van der Waals surface area contributed by atoms with Crippen molar-refractivity contribution >= 4 is 29.4 Å². The van der Waals surface area contributed by atoms with Crippen molar-refractivity contribution in [3.8, 4) is 0 Å². The van der Waals surface area contributed by atoms with Crippen LogP contribution in [0.15, 0.2) is 60.2 Å². The van der Waals surface area contributed by atoms with Gasteiger partial charge in [0.25, 0.3) is 5.91 Å². The van der Waals surface area contributed by atoms with Crippen LogP contribution in [0.2, 0.25) is 0 Å². The first-order valence-corrected chi connectivity index (χ1v) is 10.5. The molecule has 1 atom stereocenters. The summed E-state index contributed by atoms with van der Waals surface area (Å²) in [5.41, 5.74) is 3.49. The number of nitrogens with zero attached hydrogens (tertiary/aromatic N) is 1. The zero-order chi connectivity index (χ0) is 19.6. The van der Waals surface area contributed by atoms with Crippen molar-refractivity contribution < 1.29 is 6.22 Å². The molecule has 4 heteroatoms. The molecule has 0 aliphatic heterocycles. The molecule has 0 spiro atoms. The molecule has 144 valence electrons. The molecule has 2 rings (SSSR count). The summed E-state index contributed by atoms with van der Waals surface area (Å²) >= 11 is 1.72. The number of carbonyl (C=O) groups excluding carboxylic acids is 1. The van der Waals surface area contributed by atoms with Gasteiger partial charge in [-0.2, -0.15) is 0 Å². The van der Waals surface area contributed by atoms with Gasteiger partial charge in [-0.25, -0.2) is 0 Å². The summed E-state index contributed by atoms with van der Waals surface area (Å²) in [4.78, 5) is 18.1. The second kappa shape index (κ2) is 10.7. The van der Waals surface area contributed by atoms with Crippen molar-refractivity contribution in [1.29, 1.82) is 0 Å². The average Bonchev–Trinajstić information content (AvgIpc) is 2.68. The Morgan fingerprint density at radius 3 is 2.59 bits per heavy atom. The molecule has 1 amide bonds. The van der Waals surface area contributed by atoms with E-state index in [0.717, 1.165) is 30.6 Å². The van der Waals surface area contributed by atoms with E-state index >= 15 is 0 Å². The summed E-state index contributed by atoms with van der Waals surface area (Å²) in [6.07, 6.45) is 10.8. The van der Waals surface area contributed by atoms with Crippen LogP contribution in [0.3, 0.4) is 0 Å². The first kappa shape index (κ1) is 21.0. The van der Waals surface area contributed by atoms with Gasteiger partial charge in [-0.1, -0.05) is 38.5 Å². The third-order valence-electron chi connectivity index (χ3n) is 4.33. The highest BCUT2D eigenvalue weighted by Gasteiger charge is 2.09. The molecule has 1 unspecified atom stereocenters. The van der Waals surface area contributed by atoms with Gasteiger partial charge in [0.15, 0.2) is 0 Å². The number of rotatable bonds is 9. The van der Waals surface area contributed by atoms with Crippen molar-refractivity contribution in [3.05, 3.63) is 77.0 Å². The molecular weight excluding hydrogens is 352 g/mol. The van der Waals surface area contributed by atoms with E-state index in [1.165, 1.54) is 10.5 Å². The van der Waals surface area contributed by atoms with Crippen LogP contribution in [-0.2, 0) is 6.42 Å². The summed E-state index contributed by atoms with van der Waals surface area (Å²) in [5, 5.41) is 2.92. The Morgan fingerprint density at radius 2 is 2.04 bits per heavy atom. The fraction of sp³-hybridized carbons (Fsp3) is 0.304. The Kier molecular flexibility index (Phi) is 8.34. The van der Waals surface area contributed by atoms with Crippen molar-refractivity contribution in [2.75, 3.05) is 11.6 Å². The van der Waals surface area contributed by atoms with Crippen LogP contribution in [0.25, 0.3) is 6.08 Å². The number of amides is 1. The molecule has 0 radical (unpaired) electrons. The molecule has 0 saturated heterocycles. The lowest BCUT2D eigenvalue weighted by molar-refractivity contribution is 0.102. The molecule has 0 saturated carbocycles. The maximum absolute atomic E-state index is 12.4. The Hall–Kier alpha value is -2.33. The van der Waals surface area contributed by atoms with Crippen LogP contribution in [0, 0.1) is 5.92 Å². The minimum absolute atomic E-state index is 0. The lowest BCUT2D eigenvalue weighted by Gasteiger charge is -2.11. The molecule has 1 aromatic carbocycles. The van der Waals surface area contributed by atoms with E-state index in [1.54, 1.807) is 18.0 Å². The van der Waals surface area contributed by atoms with Gasteiger partial charge < -0.3 is 5.32 Å². The van der Waals surface area contributed by atoms with E-state index in [-0.39, 0.29) is 7.33 Å². The van der Waals surface area contributed by atoms with Gasteiger partial charge in [-0.15, -0.1) is 18.3 Å². The number of nitrogens with one attached hydrogen (secondary N) is 1. The number of allylic oxidation sites excluding steroid dienone is 2. The Bertz CT molecular complexity index is 785. The van der Waals surface area contributed by atoms with Gasteiger partial charge >= 0.3 is 0 Å². The molecule has 0 bridgehead atoms. The monoisotopic (exact) mass is 382 g/mol. The van der Waals surface area contributed by atoms with E-state index in [4.69, 9.17) is 0 Å². The number of carbonyl (C=O) groups is 1. The van der Waals surface area contributed by atoms with E-state index in [2.05, 4.69) is 55.2 Å². The van der Waals surface area contributed by atoms with Gasteiger partial charge in [0.05, 0.1) is 11.3 Å². The van der Waals surface area contributed by atoms with Gasteiger partial charge in [0.1, 0.15) is 0 Å². The van der Waals surface area contributed by atoms with Crippen LogP contribution >= 0.6 is 11.8 Å². The quantitative estimate of drug-likeness (QED) is 0.507. The Balaban J connectivity index is 0.00000392. The van der Waals surface area contributed by atoms with Crippen molar-refractivity contribution in [3.63, 3.8) is 0 Å². The number of benzene rings is 1. The molecular formula is C23H30N2OS. The molecule has 2 aromatic rings. The molecule has 1 aromatic heterocycles. The topological polar surface area (TPSA) is 42.0 Å². The van der Waals surface area contributed by atoms with Crippen molar-refractivity contribution in [2.24, 2.45) is 5.92 Å². The fourth-order valence-corrected chi connectivity index (χ4v) is 3.52. The maximum atomic E-state index is 12.4. The first-order chi connectivity index (χ1) is 13.1. The lowest BCUT2D eigenvalue weighted by Crippen LogP contribution is -2.12. The average molecular weight is 383 g/mol. The predicted molar refractivity (Wildman–Crippen MR) is 120 cm³/mol. The molecule has 0 aliphatic rings. The number of anilines is 1. The smallest absolute Gasteiger partial charge is 0.257 e. The molecule has 27 heavy (non-hydrogen) atoms. The number of pyridine rings is 1. The Labute approximate surface area is 168 Å². The van der Waals surface area contributed by atoms with E-state index < -0.39 is 0 Å². The molecule has 3 nitrogen and oxygen atoms in total. The maximum Gasteiger partial charge on any atom is 0.257 e. The van der Waals surface area contributed by atoms with Crippen LogP contribution in [0.1, 0.15) is 49.7 Å². The van der Waals surface area contributed by atoms with Crippen LogP contribution in [0.5, 0.6) is 0 Å². The van der Waals surface area contributed by atoms with Gasteiger partial charge in [-0.05, 0) is 65.8 Å². The van der Waals surface area contributed by atoms with Gasteiger partial charge in [0.2, 0.25) is 0 Å². The minimum Gasteiger partial charge on any atom is -0.322 e. The third kappa shape index (κ3) is 6.40. The highest BCUT2D eigenvalue weighted by atomic mass is 32.2. The van der Waals surface area contributed by atoms with Gasteiger partial charge in [-0.3, -0.25) is 9.78 Å². The summed E-state index contributed by atoms with van der Waals surface area (Å²) in [6, 6.07) is 11.7. The number of aryl methyl sites for hydroxylation is 1. The largest absolute Gasteiger partial charge is 0.322 e. The number of hydrogen-bond acceptors (Lipinski definition) is 3. The fourth-order valence-electron chi connectivity index (χ4n) is 2.79. The summed E-state index contributed by atoms with van der Waals surface area (Å²) in [5.74, 6) is 0.268. The van der Waals surface area contributed by atoms with E-state index in [1.807, 2.05) is 30.3 Å². The summed E-state index contributed by atoms with van der Waals surface area (Å²) in [7, 11) is 0. The third-order valence-corrected chi connectivity index (χ3v) is 5.32. The standard InChI is InChI=1S/C23H28N2OS.H2/c1-5-7-17(3)22(27-4)15-21-14-11-19(16-24-21)23(26)25-20-12-9-18(8-6-2)10-13-20;/h5,9-17H,1,6-8H2,2-4H3,(H,25,26);1H/b22-15-;. The number of hydrogen-bond donors (Lipinski definition) is 1. The zero-order valence-electron chi connectivity index (χ0n) is 16.4. The van der Waals surface area contributed by atoms with Crippen LogP contribution in [0.4, 0.5) is 5.69 Å². The molecule has 1 heterocycles. The van der Waals surface area contributed by atoms with Crippen molar-refractivity contribution in [1.82, 2.24) is 4.98 Å². The SMILES string of the molecule is C=CCC(C)/C(=C/c1ccc(C(=O)Nc2ccc(CCC)cc2)cn1)SC.[HH]. The van der Waals surface area contributed by atoms with Crippen molar-refractivity contribution in [2.45, 2.75) is 33.1 Å². The van der Waals surface area contributed by atoms with Crippen LogP contribution in [-0.4, -0.2) is 17.1 Å². The minimum atomic E-state index is -0.147. The summed E-state index contributed by atoms with van der Waals surface area (Å²) in [6.45, 7) is 8.14. The highest BCUT2D eigenvalue weighted by molar-refractivity contribution is 8.02. The second-order valence-electron chi connectivity index (χ2n) is 6.55. The number of aromatic nitrogens is 1. The van der Waals surface area contributed by atoms with Crippen LogP contribution < -0.4 is 5.32 Å². The summed E-state index contributed by atoms with van der Waals surface area (Å²) < 4.78 is 0.